The number of rotatable bonds is 6. The number of amides is 1. The standard InChI is InChI=1S/C18H21ClN2O2.ClH/c1-12(8-9-13-6-4-3-5-7-13)21-18(22)14-10-15(19)16(20)11-17(14)23-2;/h3-7,10-12H,8-9,20H2,1-2H3,(H,21,22);1H. The Morgan fingerprint density at radius 1 is 1.29 bits per heavy atom. The van der Waals surface area contributed by atoms with Crippen molar-refractivity contribution in [3.05, 3.63) is 58.6 Å². The van der Waals surface area contributed by atoms with Gasteiger partial charge in [0.1, 0.15) is 5.75 Å². The number of carbonyl (C=O) groups excluding carboxylic acids is 1. The number of anilines is 1. The fourth-order valence-corrected chi connectivity index (χ4v) is 2.48. The van der Waals surface area contributed by atoms with Crippen molar-refractivity contribution in [3.63, 3.8) is 0 Å². The number of ether oxygens (including phenoxy) is 1. The Kier molecular flexibility index (Phi) is 7.89. The van der Waals surface area contributed by atoms with Crippen LogP contribution in [0.25, 0.3) is 0 Å². The molecule has 3 N–H and O–H groups in total. The lowest BCUT2D eigenvalue weighted by Crippen LogP contribution is -2.33. The van der Waals surface area contributed by atoms with Crippen molar-refractivity contribution in [1.82, 2.24) is 5.32 Å². The summed E-state index contributed by atoms with van der Waals surface area (Å²) in [5.74, 6) is 0.198. The predicted octanol–water partition coefficient (Wildman–Crippen LogP) is 4.10. The Morgan fingerprint density at radius 3 is 2.58 bits per heavy atom. The predicted molar refractivity (Wildman–Crippen MR) is 101 cm³/mol. The topological polar surface area (TPSA) is 64.3 Å². The third kappa shape index (κ3) is 5.32. The van der Waals surface area contributed by atoms with Crippen molar-refractivity contribution in [3.8, 4) is 5.75 Å². The zero-order chi connectivity index (χ0) is 16.8. The lowest BCUT2D eigenvalue weighted by Gasteiger charge is -2.16. The average Bonchev–Trinajstić information content (AvgIpc) is 2.56. The molecule has 0 saturated heterocycles. The highest BCUT2D eigenvalue weighted by atomic mass is 35.5. The third-order valence-electron chi connectivity index (χ3n) is 3.65. The summed E-state index contributed by atoms with van der Waals surface area (Å²) in [4.78, 5) is 12.4. The second kappa shape index (κ2) is 9.40. The zero-order valence-electron chi connectivity index (χ0n) is 13.7. The summed E-state index contributed by atoms with van der Waals surface area (Å²) < 4.78 is 5.21. The molecule has 24 heavy (non-hydrogen) atoms. The number of hydrogen-bond acceptors (Lipinski definition) is 3. The molecule has 0 bridgehead atoms. The average molecular weight is 369 g/mol. The molecule has 2 aromatic carbocycles. The summed E-state index contributed by atoms with van der Waals surface area (Å²) in [5.41, 5.74) is 7.76. The van der Waals surface area contributed by atoms with Crippen LogP contribution in [-0.4, -0.2) is 19.1 Å². The molecule has 0 aliphatic carbocycles. The molecular formula is C18H22Cl2N2O2. The first-order valence-electron chi connectivity index (χ1n) is 7.49. The van der Waals surface area contributed by atoms with Gasteiger partial charge in [0.2, 0.25) is 0 Å². The maximum Gasteiger partial charge on any atom is 0.255 e. The van der Waals surface area contributed by atoms with Gasteiger partial charge in [0, 0.05) is 12.1 Å². The van der Waals surface area contributed by atoms with E-state index in [0.717, 1.165) is 12.8 Å². The molecule has 0 saturated carbocycles. The summed E-state index contributed by atoms with van der Waals surface area (Å²) in [5, 5.41) is 3.31. The van der Waals surface area contributed by atoms with Gasteiger partial charge in [0.15, 0.2) is 0 Å². The van der Waals surface area contributed by atoms with Crippen molar-refractivity contribution in [1.29, 1.82) is 0 Å². The summed E-state index contributed by atoms with van der Waals surface area (Å²) in [7, 11) is 1.50. The minimum atomic E-state index is -0.218. The number of hydrogen-bond donors (Lipinski definition) is 2. The van der Waals surface area contributed by atoms with Crippen LogP contribution in [0, 0.1) is 0 Å². The lowest BCUT2D eigenvalue weighted by atomic mass is 10.1. The third-order valence-corrected chi connectivity index (χ3v) is 3.98. The van der Waals surface area contributed by atoms with E-state index in [1.54, 1.807) is 6.07 Å². The van der Waals surface area contributed by atoms with E-state index in [2.05, 4.69) is 17.4 Å². The Balaban J connectivity index is 0.00000288. The van der Waals surface area contributed by atoms with E-state index in [-0.39, 0.29) is 24.4 Å². The molecule has 4 nitrogen and oxygen atoms in total. The van der Waals surface area contributed by atoms with Crippen molar-refractivity contribution in [2.75, 3.05) is 12.8 Å². The highest BCUT2D eigenvalue weighted by molar-refractivity contribution is 6.33. The number of halogens is 2. The van der Waals surface area contributed by atoms with E-state index in [1.807, 2.05) is 25.1 Å². The van der Waals surface area contributed by atoms with E-state index in [0.29, 0.717) is 22.0 Å². The van der Waals surface area contributed by atoms with Crippen LogP contribution in [0.5, 0.6) is 5.75 Å². The number of nitrogens with one attached hydrogen (secondary N) is 1. The summed E-state index contributed by atoms with van der Waals surface area (Å²) >= 11 is 6.00. The van der Waals surface area contributed by atoms with Gasteiger partial charge in [-0.15, -0.1) is 12.4 Å². The van der Waals surface area contributed by atoms with E-state index < -0.39 is 0 Å². The van der Waals surface area contributed by atoms with Gasteiger partial charge in [0.25, 0.3) is 5.91 Å². The minimum absolute atomic E-state index is 0. The molecule has 1 amide bonds. The van der Waals surface area contributed by atoms with Crippen LogP contribution in [0.2, 0.25) is 5.02 Å². The Labute approximate surface area is 153 Å². The van der Waals surface area contributed by atoms with Crippen molar-refractivity contribution in [2.24, 2.45) is 0 Å². The SMILES string of the molecule is COc1cc(N)c(Cl)cc1C(=O)NC(C)CCc1ccccc1.Cl. The van der Waals surface area contributed by atoms with Crippen LogP contribution in [0.3, 0.4) is 0 Å². The largest absolute Gasteiger partial charge is 0.496 e. The smallest absolute Gasteiger partial charge is 0.255 e. The van der Waals surface area contributed by atoms with Gasteiger partial charge in [-0.25, -0.2) is 0 Å². The fourth-order valence-electron chi connectivity index (χ4n) is 2.32. The van der Waals surface area contributed by atoms with Crippen LogP contribution in [0.1, 0.15) is 29.3 Å². The highest BCUT2D eigenvalue weighted by Gasteiger charge is 2.16. The number of nitrogens with two attached hydrogens (primary N) is 1. The molecule has 1 unspecified atom stereocenters. The lowest BCUT2D eigenvalue weighted by molar-refractivity contribution is 0.0935. The first-order chi connectivity index (χ1) is 11.0. The number of benzene rings is 2. The van der Waals surface area contributed by atoms with E-state index in [4.69, 9.17) is 22.1 Å². The van der Waals surface area contributed by atoms with Gasteiger partial charge in [-0.1, -0.05) is 41.9 Å². The molecule has 0 aliphatic rings. The summed E-state index contributed by atoms with van der Waals surface area (Å²) in [6.45, 7) is 1.98. The van der Waals surface area contributed by atoms with Gasteiger partial charge < -0.3 is 15.8 Å². The van der Waals surface area contributed by atoms with Crippen molar-refractivity contribution >= 4 is 35.6 Å². The fraction of sp³-hybridized carbons (Fsp3) is 0.278. The second-order valence-electron chi connectivity index (χ2n) is 5.47. The molecule has 0 fully saturated rings. The molecule has 0 aromatic heterocycles. The van der Waals surface area contributed by atoms with Crippen LogP contribution in [0.4, 0.5) is 5.69 Å². The van der Waals surface area contributed by atoms with Gasteiger partial charge >= 0.3 is 0 Å². The van der Waals surface area contributed by atoms with Gasteiger partial charge in [-0.3, -0.25) is 4.79 Å². The maximum atomic E-state index is 12.4. The maximum absolute atomic E-state index is 12.4. The molecule has 0 spiro atoms. The van der Waals surface area contributed by atoms with Crippen LogP contribution >= 0.6 is 24.0 Å². The second-order valence-corrected chi connectivity index (χ2v) is 5.88. The van der Waals surface area contributed by atoms with Crippen LogP contribution < -0.4 is 15.8 Å². The van der Waals surface area contributed by atoms with E-state index >= 15 is 0 Å². The van der Waals surface area contributed by atoms with E-state index in [9.17, 15) is 4.79 Å². The van der Waals surface area contributed by atoms with Crippen LogP contribution in [0.15, 0.2) is 42.5 Å². The first-order valence-corrected chi connectivity index (χ1v) is 7.87. The van der Waals surface area contributed by atoms with Gasteiger partial charge in [-0.05, 0) is 31.4 Å². The van der Waals surface area contributed by atoms with Gasteiger partial charge in [0.05, 0.1) is 23.4 Å². The highest BCUT2D eigenvalue weighted by Crippen LogP contribution is 2.28. The van der Waals surface area contributed by atoms with Crippen molar-refractivity contribution in [2.45, 2.75) is 25.8 Å². The number of nitrogen functional groups attached to an aromatic ring is 1. The molecular weight excluding hydrogens is 347 g/mol. The molecule has 2 rings (SSSR count). The first kappa shape index (κ1) is 20.1. The Bertz CT molecular complexity index is 678. The molecule has 130 valence electrons. The molecule has 0 heterocycles. The molecule has 6 heteroatoms. The van der Waals surface area contributed by atoms with Gasteiger partial charge in [-0.2, -0.15) is 0 Å². The Morgan fingerprint density at radius 2 is 1.96 bits per heavy atom. The van der Waals surface area contributed by atoms with E-state index in [1.165, 1.54) is 18.7 Å². The summed E-state index contributed by atoms with van der Waals surface area (Å²) in [6, 6.07) is 13.3. The summed E-state index contributed by atoms with van der Waals surface area (Å²) in [6.07, 6.45) is 1.75. The molecule has 2 aromatic rings. The number of aryl methyl sites for hydroxylation is 1. The number of carbonyl (C=O) groups is 1. The van der Waals surface area contributed by atoms with Crippen molar-refractivity contribution < 1.29 is 9.53 Å². The minimum Gasteiger partial charge on any atom is -0.496 e. The normalized spacial score (nSPS) is 11.3. The Hall–Kier alpha value is -1.91. The monoisotopic (exact) mass is 368 g/mol. The number of methoxy groups -OCH3 is 1. The zero-order valence-corrected chi connectivity index (χ0v) is 15.3. The molecule has 0 radical (unpaired) electrons. The van der Waals surface area contributed by atoms with Crippen LogP contribution in [-0.2, 0) is 6.42 Å². The molecule has 1 atom stereocenters. The molecule has 0 aliphatic heterocycles. The quantitative estimate of drug-likeness (QED) is 0.754.